The van der Waals surface area contributed by atoms with Crippen molar-refractivity contribution in [2.24, 2.45) is 0 Å². The highest BCUT2D eigenvalue weighted by Crippen LogP contribution is 2.15. The van der Waals surface area contributed by atoms with Crippen molar-refractivity contribution in [2.45, 2.75) is 24.7 Å². The molecule has 9 heteroatoms. The largest absolute Gasteiger partial charge is 0.323 e. The Labute approximate surface area is 163 Å². The molecule has 0 spiro atoms. The van der Waals surface area contributed by atoms with Crippen LogP contribution in [0, 0.1) is 10.1 Å². The Balaban J connectivity index is 1.96. The molecular weight excluding hydrogens is 382 g/mol. The molecular formula is C19H21N3O5S. The fourth-order valence-corrected chi connectivity index (χ4v) is 3.32. The van der Waals surface area contributed by atoms with Crippen molar-refractivity contribution in [1.82, 2.24) is 4.72 Å². The van der Waals surface area contributed by atoms with Crippen molar-refractivity contribution >= 4 is 33.4 Å². The Kier molecular flexibility index (Phi) is 7.42. The van der Waals surface area contributed by atoms with Gasteiger partial charge in [-0.1, -0.05) is 13.3 Å². The number of amides is 1. The maximum absolute atomic E-state index is 12.1. The van der Waals surface area contributed by atoms with Crippen LogP contribution in [0.1, 0.15) is 25.3 Å². The van der Waals surface area contributed by atoms with Crippen LogP contribution >= 0.6 is 0 Å². The summed E-state index contributed by atoms with van der Waals surface area (Å²) in [6.07, 6.45) is 4.46. The molecule has 2 aromatic carbocycles. The van der Waals surface area contributed by atoms with Crippen LogP contribution in [0.5, 0.6) is 0 Å². The SMILES string of the molecule is CCCCNS(=O)(=O)c1ccc(NC(=O)/C=C/c2ccc([N+](=O)[O-])cc2)cc1. The molecule has 0 saturated carbocycles. The van der Waals surface area contributed by atoms with Crippen molar-refractivity contribution in [3.63, 3.8) is 0 Å². The van der Waals surface area contributed by atoms with Crippen LogP contribution in [-0.2, 0) is 14.8 Å². The van der Waals surface area contributed by atoms with Crippen LogP contribution in [0.3, 0.4) is 0 Å². The number of nitrogens with zero attached hydrogens (tertiary/aromatic N) is 1. The molecule has 0 aliphatic rings. The van der Waals surface area contributed by atoms with Gasteiger partial charge in [0, 0.05) is 30.4 Å². The number of benzene rings is 2. The molecule has 8 nitrogen and oxygen atoms in total. The van der Waals surface area contributed by atoms with E-state index >= 15 is 0 Å². The second-order valence-electron chi connectivity index (χ2n) is 5.95. The number of rotatable bonds is 9. The van der Waals surface area contributed by atoms with Crippen LogP contribution in [0.25, 0.3) is 6.08 Å². The maximum Gasteiger partial charge on any atom is 0.269 e. The van der Waals surface area contributed by atoms with E-state index in [4.69, 9.17) is 0 Å². The Morgan fingerprint density at radius 1 is 1.11 bits per heavy atom. The zero-order chi connectivity index (χ0) is 20.6. The van der Waals surface area contributed by atoms with E-state index in [0.717, 1.165) is 12.8 Å². The first-order valence-electron chi connectivity index (χ1n) is 8.65. The van der Waals surface area contributed by atoms with Gasteiger partial charge in [0.2, 0.25) is 15.9 Å². The predicted octanol–water partition coefficient (Wildman–Crippen LogP) is 3.33. The number of nitrogens with one attached hydrogen (secondary N) is 2. The van der Waals surface area contributed by atoms with Gasteiger partial charge in [0.25, 0.3) is 5.69 Å². The quantitative estimate of drug-likeness (QED) is 0.288. The molecule has 0 unspecified atom stereocenters. The Morgan fingerprint density at radius 2 is 1.75 bits per heavy atom. The lowest BCUT2D eigenvalue weighted by Gasteiger charge is -2.07. The minimum Gasteiger partial charge on any atom is -0.323 e. The summed E-state index contributed by atoms with van der Waals surface area (Å²) in [5.41, 5.74) is 1.06. The molecule has 2 rings (SSSR count). The lowest BCUT2D eigenvalue weighted by atomic mass is 10.2. The molecule has 0 saturated heterocycles. The van der Waals surface area contributed by atoms with Crippen LogP contribution < -0.4 is 10.0 Å². The first-order chi connectivity index (χ1) is 13.3. The molecule has 2 aromatic rings. The van der Waals surface area contributed by atoms with Gasteiger partial charge in [0.1, 0.15) is 0 Å². The third-order valence-electron chi connectivity index (χ3n) is 3.79. The fraction of sp³-hybridized carbons (Fsp3) is 0.211. The van der Waals surface area contributed by atoms with Gasteiger partial charge >= 0.3 is 0 Å². The number of nitro groups is 1. The number of nitro benzene ring substituents is 1. The second kappa shape index (κ2) is 9.77. The normalized spacial score (nSPS) is 11.5. The number of hydrogen-bond donors (Lipinski definition) is 2. The number of sulfonamides is 1. The summed E-state index contributed by atoms with van der Waals surface area (Å²) >= 11 is 0. The minimum absolute atomic E-state index is 0.0270. The third kappa shape index (κ3) is 6.29. The predicted molar refractivity (Wildman–Crippen MR) is 107 cm³/mol. The van der Waals surface area contributed by atoms with E-state index in [1.54, 1.807) is 0 Å². The Hall–Kier alpha value is -3.04. The Bertz CT molecular complexity index is 952. The molecule has 0 aromatic heterocycles. The molecule has 0 radical (unpaired) electrons. The second-order valence-corrected chi connectivity index (χ2v) is 7.71. The zero-order valence-corrected chi connectivity index (χ0v) is 16.1. The van der Waals surface area contributed by atoms with Crippen molar-refractivity contribution in [3.05, 3.63) is 70.3 Å². The van der Waals surface area contributed by atoms with Crippen LogP contribution in [0.2, 0.25) is 0 Å². The fourth-order valence-electron chi connectivity index (χ4n) is 2.25. The van der Waals surface area contributed by atoms with Gasteiger partial charge in [-0.15, -0.1) is 0 Å². The molecule has 0 fully saturated rings. The van der Waals surface area contributed by atoms with Gasteiger partial charge in [0.15, 0.2) is 0 Å². The van der Waals surface area contributed by atoms with E-state index in [2.05, 4.69) is 10.0 Å². The average molecular weight is 403 g/mol. The van der Waals surface area contributed by atoms with Crippen molar-refractivity contribution in [3.8, 4) is 0 Å². The molecule has 0 bridgehead atoms. The summed E-state index contributed by atoms with van der Waals surface area (Å²) in [6, 6.07) is 11.6. The lowest BCUT2D eigenvalue weighted by Crippen LogP contribution is -2.24. The molecule has 1 amide bonds. The van der Waals surface area contributed by atoms with Crippen LogP contribution in [-0.4, -0.2) is 25.8 Å². The standard InChI is InChI=1S/C19H21N3O5S/c1-2-3-14-20-28(26,27)18-11-7-16(8-12-18)21-19(23)13-6-15-4-9-17(10-5-15)22(24)25/h4-13,20H,2-3,14H2,1H3,(H,21,23)/b13-6+. The average Bonchev–Trinajstić information content (AvgIpc) is 2.67. The molecule has 28 heavy (non-hydrogen) atoms. The summed E-state index contributed by atoms with van der Waals surface area (Å²) in [7, 11) is -3.56. The van der Waals surface area contributed by atoms with E-state index in [1.165, 1.54) is 60.7 Å². The molecule has 0 heterocycles. The Morgan fingerprint density at radius 3 is 2.32 bits per heavy atom. The summed E-state index contributed by atoms with van der Waals surface area (Å²) in [5, 5.41) is 13.2. The van der Waals surface area contributed by atoms with E-state index in [1.807, 2.05) is 6.92 Å². The first kappa shape index (κ1) is 21.3. The number of non-ortho nitro benzene ring substituents is 1. The molecule has 2 N–H and O–H groups in total. The van der Waals surface area contributed by atoms with Crippen LogP contribution in [0.4, 0.5) is 11.4 Å². The number of unbranched alkanes of at least 4 members (excludes halogenated alkanes) is 1. The summed E-state index contributed by atoms with van der Waals surface area (Å²) in [4.78, 5) is 22.2. The molecule has 0 aliphatic heterocycles. The van der Waals surface area contributed by atoms with Gasteiger partial charge < -0.3 is 5.32 Å². The van der Waals surface area contributed by atoms with Gasteiger partial charge in [-0.2, -0.15) is 0 Å². The highest BCUT2D eigenvalue weighted by atomic mass is 32.2. The minimum atomic E-state index is -3.56. The monoisotopic (exact) mass is 403 g/mol. The van der Waals surface area contributed by atoms with Gasteiger partial charge in [-0.3, -0.25) is 14.9 Å². The van der Waals surface area contributed by atoms with E-state index < -0.39 is 20.9 Å². The summed E-state index contributed by atoms with van der Waals surface area (Å²) in [5.74, 6) is -0.407. The van der Waals surface area contributed by atoms with Gasteiger partial charge in [-0.05, 0) is 54.5 Å². The highest BCUT2D eigenvalue weighted by Gasteiger charge is 2.13. The topological polar surface area (TPSA) is 118 Å². The van der Waals surface area contributed by atoms with Crippen LogP contribution in [0.15, 0.2) is 59.5 Å². The first-order valence-corrected chi connectivity index (χ1v) is 10.1. The van der Waals surface area contributed by atoms with Crippen molar-refractivity contribution in [1.29, 1.82) is 0 Å². The molecule has 0 aliphatic carbocycles. The smallest absolute Gasteiger partial charge is 0.269 e. The molecule has 148 valence electrons. The van der Waals surface area contributed by atoms with Crippen molar-refractivity contribution < 1.29 is 18.1 Å². The number of hydrogen-bond acceptors (Lipinski definition) is 5. The maximum atomic E-state index is 12.1. The lowest BCUT2D eigenvalue weighted by molar-refractivity contribution is -0.384. The summed E-state index contributed by atoms with van der Waals surface area (Å²) < 4.78 is 26.7. The van der Waals surface area contributed by atoms with Gasteiger partial charge in [0.05, 0.1) is 9.82 Å². The number of carbonyl (C=O) groups excluding carboxylic acids is 1. The zero-order valence-electron chi connectivity index (χ0n) is 15.3. The number of carbonyl (C=O) groups is 1. The third-order valence-corrected chi connectivity index (χ3v) is 5.26. The van der Waals surface area contributed by atoms with E-state index in [-0.39, 0.29) is 10.6 Å². The van der Waals surface area contributed by atoms with E-state index in [0.29, 0.717) is 17.8 Å². The van der Waals surface area contributed by atoms with Crippen molar-refractivity contribution in [2.75, 3.05) is 11.9 Å². The number of anilines is 1. The highest BCUT2D eigenvalue weighted by molar-refractivity contribution is 7.89. The summed E-state index contributed by atoms with van der Waals surface area (Å²) in [6.45, 7) is 2.35. The van der Waals surface area contributed by atoms with Gasteiger partial charge in [-0.25, -0.2) is 13.1 Å². The molecule has 0 atom stereocenters. The van der Waals surface area contributed by atoms with E-state index in [9.17, 15) is 23.3 Å².